The van der Waals surface area contributed by atoms with Crippen LogP contribution < -0.4 is 5.32 Å². The quantitative estimate of drug-likeness (QED) is 0.363. The zero-order valence-electron chi connectivity index (χ0n) is 13.6. The van der Waals surface area contributed by atoms with Crippen molar-refractivity contribution in [3.63, 3.8) is 0 Å². The third kappa shape index (κ3) is 9.76. The first-order valence-electron chi connectivity index (χ1n) is 7.19. The topological polar surface area (TPSA) is 75.3 Å². The van der Waals surface area contributed by atoms with Crippen LogP contribution >= 0.6 is 0 Å². The van der Waals surface area contributed by atoms with Crippen LogP contribution in [0.2, 0.25) is 0 Å². The molecule has 7 nitrogen and oxygen atoms in total. The molecule has 1 N–H and O–H groups in total. The predicted molar refractivity (Wildman–Crippen MR) is 78.4 cm³/mol. The number of ether oxygens (including phenoxy) is 5. The van der Waals surface area contributed by atoms with E-state index in [0.717, 1.165) is 0 Å². The zero-order chi connectivity index (χ0) is 16.0. The summed E-state index contributed by atoms with van der Waals surface area (Å²) in [5.41, 5.74) is -0.834. The van der Waals surface area contributed by atoms with Crippen LogP contribution in [-0.4, -0.2) is 78.5 Å². The second-order valence-corrected chi connectivity index (χ2v) is 4.57. The summed E-state index contributed by atoms with van der Waals surface area (Å²) < 4.78 is 25.9. The SMILES string of the molecule is CCOC(=O)C(C)(COCCOCCOCCOC)NC. The molecule has 0 radical (unpaired) electrons. The van der Waals surface area contributed by atoms with Gasteiger partial charge in [0.05, 0.1) is 52.9 Å². The number of methoxy groups -OCH3 is 1. The van der Waals surface area contributed by atoms with E-state index >= 15 is 0 Å². The zero-order valence-corrected chi connectivity index (χ0v) is 13.6. The van der Waals surface area contributed by atoms with Gasteiger partial charge in [-0.3, -0.25) is 0 Å². The van der Waals surface area contributed by atoms with Gasteiger partial charge in [0, 0.05) is 7.11 Å². The Bertz CT molecular complexity index is 264. The molecule has 0 aromatic rings. The normalized spacial score (nSPS) is 13.9. The lowest BCUT2D eigenvalue weighted by atomic mass is 10.1. The number of nitrogens with one attached hydrogen (secondary N) is 1. The van der Waals surface area contributed by atoms with Gasteiger partial charge in [-0.05, 0) is 20.9 Å². The van der Waals surface area contributed by atoms with Crippen LogP contribution in [0.25, 0.3) is 0 Å². The summed E-state index contributed by atoms with van der Waals surface area (Å²) in [6.45, 7) is 7.15. The summed E-state index contributed by atoms with van der Waals surface area (Å²) in [5.74, 6) is -0.319. The fourth-order valence-electron chi connectivity index (χ4n) is 1.38. The average molecular weight is 307 g/mol. The number of carbonyl (C=O) groups is 1. The van der Waals surface area contributed by atoms with Gasteiger partial charge in [0.25, 0.3) is 0 Å². The van der Waals surface area contributed by atoms with Crippen LogP contribution in [0.4, 0.5) is 0 Å². The fourth-order valence-corrected chi connectivity index (χ4v) is 1.38. The predicted octanol–water partition coefficient (Wildman–Crippen LogP) is 0.224. The molecular formula is C14H29NO6. The molecule has 0 amide bonds. The lowest BCUT2D eigenvalue weighted by molar-refractivity contribution is -0.153. The van der Waals surface area contributed by atoms with E-state index in [9.17, 15) is 4.79 Å². The molecular weight excluding hydrogens is 278 g/mol. The van der Waals surface area contributed by atoms with E-state index < -0.39 is 5.54 Å². The molecule has 0 rings (SSSR count). The lowest BCUT2D eigenvalue weighted by Gasteiger charge is -2.26. The van der Waals surface area contributed by atoms with Crippen LogP contribution in [-0.2, 0) is 28.5 Å². The van der Waals surface area contributed by atoms with Crippen molar-refractivity contribution in [2.24, 2.45) is 0 Å². The largest absolute Gasteiger partial charge is 0.465 e. The molecule has 0 spiro atoms. The Labute approximate surface area is 127 Å². The van der Waals surface area contributed by atoms with E-state index in [4.69, 9.17) is 23.7 Å². The van der Waals surface area contributed by atoms with Crippen LogP contribution in [0.3, 0.4) is 0 Å². The van der Waals surface area contributed by atoms with Crippen molar-refractivity contribution in [3.05, 3.63) is 0 Å². The van der Waals surface area contributed by atoms with Crippen molar-refractivity contribution in [1.29, 1.82) is 0 Å². The maximum absolute atomic E-state index is 11.8. The van der Waals surface area contributed by atoms with Crippen LogP contribution in [0, 0.1) is 0 Å². The van der Waals surface area contributed by atoms with Crippen LogP contribution in [0.15, 0.2) is 0 Å². The van der Waals surface area contributed by atoms with Gasteiger partial charge in [0.15, 0.2) is 0 Å². The molecule has 1 atom stereocenters. The molecule has 0 saturated carbocycles. The first-order valence-corrected chi connectivity index (χ1v) is 7.19. The van der Waals surface area contributed by atoms with E-state index in [2.05, 4.69) is 5.32 Å². The Morgan fingerprint density at radius 2 is 1.52 bits per heavy atom. The Kier molecular flexibility index (Phi) is 12.5. The lowest BCUT2D eigenvalue weighted by Crippen LogP contribution is -2.52. The van der Waals surface area contributed by atoms with E-state index in [1.807, 2.05) is 0 Å². The molecule has 0 aliphatic carbocycles. The van der Waals surface area contributed by atoms with Crippen molar-refractivity contribution in [3.8, 4) is 0 Å². The minimum absolute atomic E-state index is 0.232. The summed E-state index contributed by atoms with van der Waals surface area (Å²) in [4.78, 5) is 11.8. The third-order valence-electron chi connectivity index (χ3n) is 2.84. The van der Waals surface area contributed by atoms with E-state index in [0.29, 0.717) is 46.2 Å². The second-order valence-electron chi connectivity index (χ2n) is 4.57. The first-order chi connectivity index (χ1) is 10.1. The minimum Gasteiger partial charge on any atom is -0.465 e. The molecule has 126 valence electrons. The summed E-state index contributed by atoms with van der Waals surface area (Å²) >= 11 is 0. The summed E-state index contributed by atoms with van der Waals surface area (Å²) in [7, 11) is 3.33. The van der Waals surface area contributed by atoms with Crippen molar-refractivity contribution in [1.82, 2.24) is 5.32 Å². The van der Waals surface area contributed by atoms with Crippen LogP contribution in [0.1, 0.15) is 13.8 Å². The average Bonchev–Trinajstić information content (AvgIpc) is 2.49. The monoisotopic (exact) mass is 307 g/mol. The first kappa shape index (κ1) is 20.3. The molecule has 0 aromatic carbocycles. The third-order valence-corrected chi connectivity index (χ3v) is 2.84. The van der Waals surface area contributed by atoms with Crippen molar-refractivity contribution < 1.29 is 28.5 Å². The van der Waals surface area contributed by atoms with Gasteiger partial charge in [0.2, 0.25) is 0 Å². The molecule has 21 heavy (non-hydrogen) atoms. The Balaban J connectivity index is 3.57. The minimum atomic E-state index is -0.834. The maximum Gasteiger partial charge on any atom is 0.328 e. The number of hydrogen-bond donors (Lipinski definition) is 1. The van der Waals surface area contributed by atoms with Gasteiger partial charge >= 0.3 is 5.97 Å². The van der Waals surface area contributed by atoms with Crippen molar-refractivity contribution in [2.45, 2.75) is 19.4 Å². The maximum atomic E-state index is 11.8. The molecule has 0 aliphatic heterocycles. The molecule has 1 unspecified atom stereocenters. The van der Waals surface area contributed by atoms with Crippen molar-refractivity contribution >= 4 is 5.97 Å². The molecule has 0 bridgehead atoms. The smallest absolute Gasteiger partial charge is 0.328 e. The Morgan fingerprint density at radius 1 is 1.00 bits per heavy atom. The highest BCUT2D eigenvalue weighted by atomic mass is 16.6. The van der Waals surface area contributed by atoms with E-state index in [-0.39, 0.29) is 12.6 Å². The fraction of sp³-hybridized carbons (Fsp3) is 0.929. The van der Waals surface area contributed by atoms with Crippen LogP contribution in [0.5, 0.6) is 0 Å². The van der Waals surface area contributed by atoms with Gasteiger partial charge in [-0.25, -0.2) is 4.79 Å². The van der Waals surface area contributed by atoms with Gasteiger partial charge < -0.3 is 29.0 Å². The van der Waals surface area contributed by atoms with Gasteiger partial charge in [-0.2, -0.15) is 0 Å². The Morgan fingerprint density at radius 3 is 2.00 bits per heavy atom. The Hall–Kier alpha value is -0.730. The second kappa shape index (κ2) is 13.0. The summed E-state index contributed by atoms with van der Waals surface area (Å²) in [5, 5.41) is 2.92. The summed E-state index contributed by atoms with van der Waals surface area (Å²) in [6.07, 6.45) is 0. The van der Waals surface area contributed by atoms with E-state index in [1.165, 1.54) is 0 Å². The molecule has 7 heteroatoms. The molecule has 0 fully saturated rings. The van der Waals surface area contributed by atoms with Gasteiger partial charge in [0.1, 0.15) is 5.54 Å². The number of likely N-dealkylation sites (N-methyl/N-ethyl adjacent to an activating group) is 1. The number of carbonyl (C=O) groups excluding carboxylic acids is 1. The highest BCUT2D eigenvalue weighted by Gasteiger charge is 2.33. The van der Waals surface area contributed by atoms with Gasteiger partial charge in [-0.1, -0.05) is 0 Å². The number of rotatable bonds is 14. The molecule has 0 heterocycles. The summed E-state index contributed by atoms with van der Waals surface area (Å²) in [6, 6.07) is 0. The number of esters is 1. The van der Waals surface area contributed by atoms with Crippen molar-refractivity contribution in [2.75, 3.05) is 67.0 Å². The molecule has 0 saturated heterocycles. The molecule has 0 aromatic heterocycles. The van der Waals surface area contributed by atoms with E-state index in [1.54, 1.807) is 28.0 Å². The number of hydrogen-bond acceptors (Lipinski definition) is 7. The highest BCUT2D eigenvalue weighted by molar-refractivity contribution is 5.80. The highest BCUT2D eigenvalue weighted by Crippen LogP contribution is 2.06. The standard InChI is InChI=1S/C14H29NO6/c1-5-21-13(16)14(2,15-3)12-20-11-10-19-9-8-18-7-6-17-4/h15H,5-12H2,1-4H3. The molecule has 0 aliphatic rings. The van der Waals surface area contributed by atoms with Gasteiger partial charge in [-0.15, -0.1) is 0 Å².